The van der Waals surface area contributed by atoms with Crippen LogP contribution in [0.1, 0.15) is 31.2 Å². The predicted octanol–water partition coefficient (Wildman–Crippen LogP) is 2.28. The number of nitrogens with one attached hydrogen (secondary N) is 2. The molecular formula is C13H16F3N3O. The summed E-state index contributed by atoms with van der Waals surface area (Å²) in [5, 5.41) is 0. The molecule has 2 N–H and O–H groups in total. The van der Waals surface area contributed by atoms with Gasteiger partial charge < -0.3 is 0 Å². The number of carbonyl (C=O) groups excluding carboxylic acids is 1. The van der Waals surface area contributed by atoms with Crippen molar-refractivity contribution in [3.8, 4) is 0 Å². The Labute approximate surface area is 114 Å². The van der Waals surface area contributed by atoms with Gasteiger partial charge in [-0.15, -0.1) is 0 Å². The van der Waals surface area contributed by atoms with Crippen molar-refractivity contribution < 1.29 is 18.0 Å². The van der Waals surface area contributed by atoms with E-state index in [0.717, 1.165) is 31.6 Å². The number of hydrogen-bond acceptors (Lipinski definition) is 3. The van der Waals surface area contributed by atoms with E-state index in [9.17, 15) is 18.0 Å². The maximum absolute atomic E-state index is 11.7. The number of carbonyl (C=O) groups is 1. The monoisotopic (exact) mass is 287 g/mol. The summed E-state index contributed by atoms with van der Waals surface area (Å²) in [4.78, 5) is 14.6. The molecule has 0 radical (unpaired) electrons. The molecule has 1 aliphatic carbocycles. The van der Waals surface area contributed by atoms with Crippen molar-refractivity contribution >= 4 is 5.91 Å². The fraction of sp³-hybridized carbons (Fsp3) is 0.538. The molecule has 7 heteroatoms. The molecule has 1 aromatic heterocycles. The minimum atomic E-state index is -4.27. The fourth-order valence-electron chi connectivity index (χ4n) is 2.49. The van der Waals surface area contributed by atoms with Gasteiger partial charge in [-0.05, 0) is 25.0 Å². The van der Waals surface area contributed by atoms with Crippen molar-refractivity contribution in [1.82, 2.24) is 15.8 Å². The molecule has 4 nitrogen and oxygen atoms in total. The lowest BCUT2D eigenvalue weighted by atomic mass is 9.87. The molecule has 1 saturated carbocycles. The molecule has 2 fully saturated rings. The van der Waals surface area contributed by atoms with Crippen LogP contribution in [-0.2, 0) is 11.0 Å². The molecule has 1 aliphatic heterocycles. The zero-order valence-corrected chi connectivity index (χ0v) is 10.8. The lowest BCUT2D eigenvalue weighted by Gasteiger charge is -2.15. The summed E-state index contributed by atoms with van der Waals surface area (Å²) in [6.07, 6.45) is 2.41. The van der Waals surface area contributed by atoms with Crippen LogP contribution in [0.25, 0.3) is 0 Å². The lowest BCUT2D eigenvalue weighted by Crippen LogP contribution is -2.30. The van der Waals surface area contributed by atoms with Crippen LogP contribution in [0.3, 0.4) is 0 Å². The number of halogens is 3. The first-order valence-electron chi connectivity index (χ1n) is 6.45. The van der Waals surface area contributed by atoms with Gasteiger partial charge in [-0.2, -0.15) is 13.2 Å². The van der Waals surface area contributed by atoms with Gasteiger partial charge in [-0.1, -0.05) is 12.8 Å². The minimum Gasteiger partial charge on any atom is -0.291 e. The molecule has 1 saturated heterocycles. The van der Waals surface area contributed by atoms with E-state index in [1.807, 2.05) is 0 Å². The summed E-state index contributed by atoms with van der Waals surface area (Å²) in [6.45, 7) is 0.839. The van der Waals surface area contributed by atoms with E-state index >= 15 is 0 Å². The van der Waals surface area contributed by atoms with E-state index in [-0.39, 0.29) is 11.3 Å². The number of amides is 1. The summed E-state index contributed by atoms with van der Waals surface area (Å²) in [5.41, 5.74) is 4.84. The number of aromatic nitrogens is 1. The zero-order valence-electron chi connectivity index (χ0n) is 10.8. The maximum atomic E-state index is 11.7. The third kappa shape index (κ3) is 3.27. The largest absolute Gasteiger partial charge is 0.417 e. The highest BCUT2D eigenvalue weighted by atomic mass is 19.4. The molecule has 0 unspecified atom stereocenters. The molecule has 110 valence electrons. The highest BCUT2D eigenvalue weighted by Crippen LogP contribution is 2.39. The summed E-state index contributed by atoms with van der Waals surface area (Å²) < 4.78 is 35.2. The Bertz CT molecular complexity index is 450. The maximum Gasteiger partial charge on any atom is 0.417 e. The summed E-state index contributed by atoms with van der Waals surface area (Å²) in [5.74, 6) is 0.213. The Balaban J connectivity index is 0.000000147. The molecule has 0 bridgehead atoms. The van der Waals surface area contributed by atoms with Crippen LogP contribution in [0, 0.1) is 5.41 Å². The van der Waals surface area contributed by atoms with Crippen LogP contribution < -0.4 is 10.9 Å². The van der Waals surface area contributed by atoms with Gasteiger partial charge in [0.25, 0.3) is 0 Å². The number of pyridine rings is 1. The molecule has 1 aromatic rings. The first kappa shape index (κ1) is 14.8. The van der Waals surface area contributed by atoms with Crippen molar-refractivity contribution in [2.24, 2.45) is 5.41 Å². The van der Waals surface area contributed by atoms with Crippen LogP contribution >= 0.6 is 0 Å². The van der Waals surface area contributed by atoms with Crippen LogP contribution in [0.4, 0.5) is 13.2 Å². The highest BCUT2D eigenvalue weighted by molar-refractivity contribution is 5.84. The Morgan fingerprint density at radius 1 is 1.25 bits per heavy atom. The number of nitrogens with zero attached hydrogens (tertiary/aromatic N) is 1. The van der Waals surface area contributed by atoms with E-state index in [1.54, 1.807) is 0 Å². The third-order valence-corrected chi connectivity index (χ3v) is 3.66. The van der Waals surface area contributed by atoms with E-state index in [2.05, 4.69) is 15.8 Å². The van der Waals surface area contributed by atoms with Crippen molar-refractivity contribution in [1.29, 1.82) is 0 Å². The normalized spacial score (nSPS) is 20.4. The minimum absolute atomic E-state index is 0.0139. The quantitative estimate of drug-likeness (QED) is 0.769. The zero-order chi connectivity index (χ0) is 14.6. The first-order valence-corrected chi connectivity index (χ1v) is 6.45. The number of alkyl halides is 3. The van der Waals surface area contributed by atoms with Crippen LogP contribution in [0.5, 0.6) is 0 Å². The molecule has 3 rings (SSSR count). The third-order valence-electron chi connectivity index (χ3n) is 3.66. The Hall–Kier alpha value is -1.63. The molecule has 2 aliphatic rings. The van der Waals surface area contributed by atoms with Crippen molar-refractivity contribution in [3.05, 3.63) is 30.1 Å². The predicted molar refractivity (Wildman–Crippen MR) is 66.3 cm³/mol. The average molecular weight is 287 g/mol. The van der Waals surface area contributed by atoms with Gasteiger partial charge in [0.1, 0.15) is 0 Å². The number of rotatable bonds is 0. The smallest absolute Gasteiger partial charge is 0.291 e. The van der Waals surface area contributed by atoms with E-state index < -0.39 is 11.7 Å². The van der Waals surface area contributed by atoms with E-state index in [1.165, 1.54) is 25.1 Å². The summed E-state index contributed by atoms with van der Waals surface area (Å²) in [6, 6.07) is 2.23. The lowest BCUT2D eigenvalue weighted by molar-refractivity contribution is -0.137. The standard InChI is InChI=1S/C7H12N2O.C6H4F3N/c10-6-7(5-8-9-6)3-1-2-4-7;7-6(8,9)5-2-1-3-10-4-5/h8H,1-5H2,(H,9,10);1-4H. The van der Waals surface area contributed by atoms with Gasteiger partial charge >= 0.3 is 6.18 Å². The van der Waals surface area contributed by atoms with Crippen LogP contribution in [0.2, 0.25) is 0 Å². The molecule has 1 amide bonds. The van der Waals surface area contributed by atoms with Crippen molar-refractivity contribution in [2.45, 2.75) is 31.9 Å². The molecule has 1 spiro atoms. The molecular weight excluding hydrogens is 271 g/mol. The summed E-state index contributed by atoms with van der Waals surface area (Å²) in [7, 11) is 0. The van der Waals surface area contributed by atoms with E-state index in [0.29, 0.717) is 0 Å². The van der Waals surface area contributed by atoms with Gasteiger partial charge in [0.2, 0.25) is 5.91 Å². The second-order valence-corrected chi connectivity index (χ2v) is 5.03. The van der Waals surface area contributed by atoms with Crippen LogP contribution in [-0.4, -0.2) is 17.4 Å². The molecule has 0 aromatic carbocycles. The van der Waals surface area contributed by atoms with Gasteiger partial charge in [0, 0.05) is 18.9 Å². The SMILES string of the molecule is FC(F)(F)c1cccnc1.O=C1NNCC12CCCC2. The second-order valence-electron chi connectivity index (χ2n) is 5.03. The van der Waals surface area contributed by atoms with Gasteiger partial charge in [-0.3, -0.25) is 15.2 Å². The average Bonchev–Trinajstić information content (AvgIpc) is 3.03. The number of hydrogen-bond donors (Lipinski definition) is 2. The van der Waals surface area contributed by atoms with Crippen LogP contribution in [0.15, 0.2) is 24.5 Å². The van der Waals surface area contributed by atoms with Gasteiger partial charge in [0.05, 0.1) is 11.0 Å². The highest BCUT2D eigenvalue weighted by Gasteiger charge is 2.44. The Morgan fingerprint density at radius 3 is 2.35 bits per heavy atom. The Kier molecular flexibility index (Phi) is 4.27. The first-order chi connectivity index (χ1) is 9.44. The Morgan fingerprint density at radius 2 is 1.95 bits per heavy atom. The second kappa shape index (κ2) is 5.78. The van der Waals surface area contributed by atoms with Crippen molar-refractivity contribution in [2.75, 3.05) is 6.54 Å². The van der Waals surface area contributed by atoms with Crippen molar-refractivity contribution in [3.63, 3.8) is 0 Å². The molecule has 20 heavy (non-hydrogen) atoms. The van der Waals surface area contributed by atoms with E-state index in [4.69, 9.17) is 0 Å². The van der Waals surface area contributed by atoms with Gasteiger partial charge in [0.15, 0.2) is 0 Å². The summed E-state index contributed by atoms with van der Waals surface area (Å²) >= 11 is 0. The molecule has 0 atom stereocenters. The number of hydrazine groups is 1. The molecule has 2 heterocycles. The fourth-order valence-corrected chi connectivity index (χ4v) is 2.49. The topological polar surface area (TPSA) is 54.0 Å². The van der Waals surface area contributed by atoms with Gasteiger partial charge in [-0.25, -0.2) is 5.43 Å².